The summed E-state index contributed by atoms with van der Waals surface area (Å²) in [5.74, 6) is 1.49. The maximum absolute atomic E-state index is 13.5. The molecule has 6 nitrogen and oxygen atoms in total. The SMILES string of the molecule is Cc1ccc(COc2ccc(C(=O)N3CCC(c4nc5ccccc5n4Cc4ccc(F)cc4)CC3)cc2CO)cc1. The molecule has 6 rings (SSSR count). The Morgan fingerprint density at radius 1 is 0.952 bits per heavy atom. The van der Waals surface area contributed by atoms with Crippen LogP contribution in [0, 0.1) is 12.7 Å². The topological polar surface area (TPSA) is 67.6 Å². The van der Waals surface area contributed by atoms with Crippen LogP contribution < -0.4 is 4.74 Å². The highest BCUT2D eigenvalue weighted by molar-refractivity contribution is 5.94. The molecular formula is C35H34FN3O3. The van der Waals surface area contributed by atoms with E-state index in [0.717, 1.165) is 40.8 Å². The summed E-state index contributed by atoms with van der Waals surface area (Å²) in [4.78, 5) is 20.3. The second-order valence-electron chi connectivity index (χ2n) is 11.0. The molecule has 0 atom stereocenters. The molecule has 1 aromatic heterocycles. The summed E-state index contributed by atoms with van der Waals surface area (Å²) in [7, 11) is 0. The number of fused-ring (bicyclic) bond motifs is 1. The fourth-order valence-electron chi connectivity index (χ4n) is 5.69. The average molecular weight is 564 g/mol. The number of para-hydroxylation sites is 2. The van der Waals surface area contributed by atoms with Crippen molar-refractivity contribution in [2.75, 3.05) is 13.1 Å². The highest BCUT2D eigenvalue weighted by atomic mass is 19.1. The van der Waals surface area contributed by atoms with Crippen LogP contribution in [0.25, 0.3) is 11.0 Å². The van der Waals surface area contributed by atoms with E-state index in [-0.39, 0.29) is 24.2 Å². The monoisotopic (exact) mass is 563 g/mol. The fraction of sp³-hybridized carbons (Fsp3) is 0.257. The first-order valence-corrected chi connectivity index (χ1v) is 14.4. The number of nitrogens with zero attached hydrogens (tertiary/aromatic N) is 3. The lowest BCUT2D eigenvalue weighted by molar-refractivity contribution is 0.0710. The number of aryl methyl sites for hydroxylation is 1. The molecule has 4 aromatic carbocycles. The number of hydrogen-bond donors (Lipinski definition) is 1. The fourth-order valence-corrected chi connectivity index (χ4v) is 5.69. The minimum Gasteiger partial charge on any atom is -0.489 e. The van der Waals surface area contributed by atoms with Crippen LogP contribution in [-0.4, -0.2) is 38.6 Å². The molecule has 1 N–H and O–H groups in total. The summed E-state index contributed by atoms with van der Waals surface area (Å²) >= 11 is 0. The summed E-state index contributed by atoms with van der Waals surface area (Å²) in [6.07, 6.45) is 1.59. The van der Waals surface area contributed by atoms with Gasteiger partial charge in [0, 0.05) is 36.7 Å². The van der Waals surface area contributed by atoms with Crippen molar-refractivity contribution in [3.63, 3.8) is 0 Å². The lowest BCUT2D eigenvalue weighted by atomic mass is 9.95. The zero-order valence-electron chi connectivity index (χ0n) is 23.7. The maximum atomic E-state index is 13.5. The Morgan fingerprint density at radius 3 is 2.40 bits per heavy atom. The van der Waals surface area contributed by atoms with Gasteiger partial charge in [-0.15, -0.1) is 0 Å². The molecule has 2 heterocycles. The van der Waals surface area contributed by atoms with Crippen LogP contribution in [0.5, 0.6) is 5.75 Å². The summed E-state index contributed by atoms with van der Waals surface area (Å²) in [6, 6.07) is 28.1. The third kappa shape index (κ3) is 5.92. The first kappa shape index (κ1) is 27.7. The number of amides is 1. The normalized spacial score (nSPS) is 13.9. The van der Waals surface area contributed by atoms with Gasteiger partial charge in [0.25, 0.3) is 5.91 Å². The zero-order chi connectivity index (χ0) is 29.1. The van der Waals surface area contributed by atoms with E-state index in [0.29, 0.717) is 43.1 Å². The third-order valence-corrected chi connectivity index (χ3v) is 8.08. The first-order chi connectivity index (χ1) is 20.5. The number of aliphatic hydroxyl groups excluding tert-OH is 1. The van der Waals surface area contributed by atoms with E-state index in [1.807, 2.05) is 66.4 Å². The van der Waals surface area contributed by atoms with Crippen molar-refractivity contribution in [3.8, 4) is 5.75 Å². The first-order valence-electron chi connectivity index (χ1n) is 14.4. The van der Waals surface area contributed by atoms with Crippen LogP contribution >= 0.6 is 0 Å². The average Bonchev–Trinajstić information content (AvgIpc) is 3.39. The Hall–Kier alpha value is -4.49. The zero-order valence-corrected chi connectivity index (χ0v) is 23.7. The number of carbonyl (C=O) groups is 1. The van der Waals surface area contributed by atoms with Gasteiger partial charge in [-0.2, -0.15) is 0 Å². The minimum absolute atomic E-state index is 0.0481. The van der Waals surface area contributed by atoms with Gasteiger partial charge in [0.1, 0.15) is 24.0 Å². The Balaban J connectivity index is 1.14. The molecule has 0 aliphatic carbocycles. The van der Waals surface area contributed by atoms with Gasteiger partial charge in [0.15, 0.2) is 0 Å². The van der Waals surface area contributed by atoms with Crippen molar-refractivity contribution >= 4 is 16.9 Å². The summed E-state index contributed by atoms with van der Waals surface area (Å²) in [6.45, 7) is 4.06. The van der Waals surface area contributed by atoms with Gasteiger partial charge in [-0.1, -0.05) is 54.1 Å². The van der Waals surface area contributed by atoms with Gasteiger partial charge in [-0.25, -0.2) is 9.37 Å². The van der Waals surface area contributed by atoms with E-state index in [4.69, 9.17) is 9.72 Å². The number of ether oxygens (including phenoxy) is 1. The van der Waals surface area contributed by atoms with Crippen molar-refractivity contribution in [1.29, 1.82) is 0 Å². The molecule has 1 aliphatic rings. The van der Waals surface area contributed by atoms with Crippen LogP contribution in [0.3, 0.4) is 0 Å². The summed E-state index contributed by atoms with van der Waals surface area (Å²) in [5, 5.41) is 10.0. The van der Waals surface area contributed by atoms with E-state index in [9.17, 15) is 14.3 Å². The van der Waals surface area contributed by atoms with Gasteiger partial charge in [0.05, 0.1) is 17.6 Å². The van der Waals surface area contributed by atoms with Gasteiger partial charge in [-0.05, 0) is 73.4 Å². The van der Waals surface area contributed by atoms with Crippen molar-refractivity contribution in [2.45, 2.75) is 45.4 Å². The Kier molecular flexibility index (Phi) is 8.02. The number of imidazole rings is 1. The highest BCUT2D eigenvalue weighted by Gasteiger charge is 2.28. The van der Waals surface area contributed by atoms with Gasteiger partial charge < -0.3 is 19.3 Å². The molecule has 1 amide bonds. The number of aromatic nitrogens is 2. The lowest BCUT2D eigenvalue weighted by Gasteiger charge is -2.32. The van der Waals surface area contributed by atoms with Crippen molar-refractivity contribution < 1.29 is 19.0 Å². The van der Waals surface area contributed by atoms with E-state index in [1.165, 1.54) is 17.7 Å². The van der Waals surface area contributed by atoms with Crippen LogP contribution in [0.2, 0.25) is 0 Å². The van der Waals surface area contributed by atoms with E-state index in [2.05, 4.69) is 10.6 Å². The molecule has 5 aromatic rings. The van der Waals surface area contributed by atoms with Gasteiger partial charge in [0.2, 0.25) is 0 Å². The van der Waals surface area contributed by atoms with Crippen LogP contribution in [0.4, 0.5) is 4.39 Å². The Bertz CT molecular complexity index is 1690. The molecular weight excluding hydrogens is 529 g/mol. The number of piperidine rings is 1. The second kappa shape index (κ2) is 12.2. The van der Waals surface area contributed by atoms with E-state index in [1.54, 1.807) is 18.2 Å². The molecule has 0 saturated carbocycles. The molecule has 1 saturated heterocycles. The molecule has 0 bridgehead atoms. The van der Waals surface area contributed by atoms with E-state index >= 15 is 0 Å². The molecule has 7 heteroatoms. The summed E-state index contributed by atoms with van der Waals surface area (Å²) in [5.41, 5.74) is 6.37. The molecule has 42 heavy (non-hydrogen) atoms. The summed E-state index contributed by atoms with van der Waals surface area (Å²) < 4.78 is 21.7. The number of rotatable bonds is 8. The number of benzene rings is 4. The molecule has 1 fully saturated rings. The van der Waals surface area contributed by atoms with Crippen molar-refractivity contribution in [1.82, 2.24) is 14.5 Å². The van der Waals surface area contributed by atoms with Crippen LogP contribution in [0.15, 0.2) is 91.0 Å². The van der Waals surface area contributed by atoms with Gasteiger partial charge in [-0.3, -0.25) is 4.79 Å². The van der Waals surface area contributed by atoms with Crippen molar-refractivity contribution in [2.24, 2.45) is 0 Å². The minimum atomic E-state index is -0.248. The smallest absolute Gasteiger partial charge is 0.253 e. The predicted molar refractivity (Wildman–Crippen MR) is 161 cm³/mol. The third-order valence-electron chi connectivity index (χ3n) is 8.08. The molecule has 0 radical (unpaired) electrons. The number of carbonyl (C=O) groups excluding carboxylic acids is 1. The maximum Gasteiger partial charge on any atom is 0.253 e. The Morgan fingerprint density at radius 2 is 1.67 bits per heavy atom. The molecule has 1 aliphatic heterocycles. The number of hydrogen-bond acceptors (Lipinski definition) is 4. The highest BCUT2D eigenvalue weighted by Crippen LogP contribution is 2.32. The molecule has 0 spiro atoms. The predicted octanol–water partition coefficient (Wildman–Crippen LogP) is 6.62. The van der Waals surface area contributed by atoms with E-state index < -0.39 is 0 Å². The standard InChI is InChI=1S/C35H34FN3O3/c1-24-6-8-26(9-7-24)23-42-33-15-12-28(20-29(33)22-40)35(41)38-18-16-27(17-19-38)34-37-31-4-2-3-5-32(31)39(34)21-25-10-13-30(36)14-11-25/h2-15,20,27,40H,16-19,21-23H2,1H3. The molecule has 0 unspecified atom stereocenters. The lowest BCUT2D eigenvalue weighted by Crippen LogP contribution is -2.38. The van der Waals surface area contributed by atoms with Crippen LogP contribution in [-0.2, 0) is 19.8 Å². The Labute approximate surface area is 245 Å². The van der Waals surface area contributed by atoms with Crippen LogP contribution in [0.1, 0.15) is 57.2 Å². The number of likely N-dealkylation sites (tertiary alicyclic amines) is 1. The second-order valence-corrected chi connectivity index (χ2v) is 11.0. The largest absolute Gasteiger partial charge is 0.489 e. The number of halogens is 1. The number of aliphatic hydroxyl groups is 1. The molecule has 214 valence electrons. The quantitative estimate of drug-likeness (QED) is 0.230. The van der Waals surface area contributed by atoms with Crippen molar-refractivity contribution in [3.05, 3.63) is 130 Å². The van der Waals surface area contributed by atoms with Gasteiger partial charge >= 0.3 is 0 Å².